The van der Waals surface area contributed by atoms with Crippen molar-refractivity contribution in [1.82, 2.24) is 4.37 Å². The van der Waals surface area contributed by atoms with E-state index in [0.717, 1.165) is 17.7 Å². The van der Waals surface area contributed by atoms with Gasteiger partial charge in [-0.05, 0) is 67.1 Å². The molecular formula is C26H19ClN2O6S. The van der Waals surface area contributed by atoms with Gasteiger partial charge in [0.25, 0.3) is 5.78 Å². The number of anilines is 1. The minimum atomic E-state index is -0.936. The lowest BCUT2D eigenvalue weighted by Crippen LogP contribution is -2.18. The maximum Gasteiger partial charge on any atom is 0.412 e. The highest BCUT2D eigenvalue weighted by Crippen LogP contribution is 2.50. The maximum atomic E-state index is 12.5. The van der Waals surface area contributed by atoms with Gasteiger partial charge in [0.15, 0.2) is 11.5 Å². The summed E-state index contributed by atoms with van der Waals surface area (Å²) in [5.41, 5.74) is 0.747. The van der Waals surface area contributed by atoms with Crippen LogP contribution in [0.25, 0.3) is 11.2 Å². The third kappa shape index (κ3) is 4.23. The number of fused-ring (bicyclic) bond motifs is 1. The van der Waals surface area contributed by atoms with E-state index >= 15 is 0 Å². The molecule has 0 atom stereocenters. The van der Waals surface area contributed by atoms with Crippen molar-refractivity contribution in [1.29, 1.82) is 0 Å². The monoisotopic (exact) mass is 522 g/mol. The average Bonchev–Trinajstić information content (AvgIpc) is 3.75. The van der Waals surface area contributed by atoms with Gasteiger partial charge >= 0.3 is 12.1 Å². The Morgan fingerprint density at radius 1 is 1.22 bits per heavy atom. The number of nitrogens with one attached hydrogen (secondary N) is 1. The average molecular weight is 523 g/mol. The topological polar surface area (TPSA) is 115 Å². The number of rotatable bonds is 6. The molecule has 2 aliphatic rings. The molecule has 1 amide bonds. The highest BCUT2D eigenvalue weighted by atomic mass is 35.5. The van der Waals surface area contributed by atoms with E-state index in [0.29, 0.717) is 57.6 Å². The Labute approximate surface area is 214 Å². The SMILES string of the molecule is O=C(Nc1c(C#Cc2cc3cc(C4(C(=O)O)CC4)oc3o2)nsc1C1CC1)OCc1ccccc1Cl. The molecule has 182 valence electrons. The predicted octanol–water partition coefficient (Wildman–Crippen LogP) is 6.28. The van der Waals surface area contributed by atoms with Gasteiger partial charge in [0, 0.05) is 16.7 Å². The molecule has 8 nitrogen and oxygen atoms in total. The quantitative estimate of drug-likeness (QED) is 0.286. The van der Waals surface area contributed by atoms with Gasteiger partial charge in [-0.1, -0.05) is 29.8 Å². The Balaban J connectivity index is 1.20. The van der Waals surface area contributed by atoms with Crippen LogP contribution in [0, 0.1) is 11.8 Å². The lowest BCUT2D eigenvalue weighted by atomic mass is 10.0. The summed E-state index contributed by atoms with van der Waals surface area (Å²) in [7, 11) is 0. The maximum absolute atomic E-state index is 12.5. The van der Waals surface area contributed by atoms with Crippen molar-refractivity contribution in [3.8, 4) is 11.8 Å². The number of ether oxygens (including phenoxy) is 1. The Hall–Kier alpha value is -3.74. The molecule has 0 spiro atoms. The summed E-state index contributed by atoms with van der Waals surface area (Å²) in [4.78, 5) is 25.0. The number of aromatic nitrogens is 1. The number of hydrogen-bond donors (Lipinski definition) is 2. The van der Waals surface area contributed by atoms with E-state index in [1.807, 2.05) is 12.1 Å². The van der Waals surface area contributed by atoms with E-state index in [4.69, 9.17) is 25.2 Å². The highest BCUT2D eigenvalue weighted by molar-refractivity contribution is 7.06. The first kappa shape index (κ1) is 22.7. The third-order valence-corrected chi connectivity index (χ3v) is 7.74. The first-order chi connectivity index (χ1) is 17.4. The fourth-order valence-electron chi connectivity index (χ4n) is 3.98. The molecule has 10 heteroatoms. The van der Waals surface area contributed by atoms with Gasteiger partial charge in [-0.15, -0.1) is 0 Å². The number of amides is 1. The Bertz CT molecular complexity index is 1530. The first-order valence-electron chi connectivity index (χ1n) is 11.4. The number of carbonyl (C=O) groups excluding carboxylic acids is 1. The Morgan fingerprint density at radius 3 is 2.72 bits per heavy atom. The normalized spacial score (nSPS) is 15.8. The molecule has 0 bridgehead atoms. The van der Waals surface area contributed by atoms with Gasteiger partial charge in [-0.25, -0.2) is 4.79 Å². The van der Waals surface area contributed by atoms with Crippen LogP contribution in [0.1, 0.15) is 59.3 Å². The van der Waals surface area contributed by atoms with Crippen molar-refractivity contribution < 1.29 is 28.3 Å². The first-order valence-corrected chi connectivity index (χ1v) is 12.5. The van der Waals surface area contributed by atoms with Crippen LogP contribution in [0.3, 0.4) is 0 Å². The second kappa shape index (κ2) is 8.73. The minimum absolute atomic E-state index is 0.0411. The van der Waals surface area contributed by atoms with Crippen LogP contribution >= 0.6 is 23.1 Å². The molecule has 3 heterocycles. The molecule has 6 rings (SSSR count). The van der Waals surface area contributed by atoms with Crippen molar-refractivity contribution in [3.63, 3.8) is 0 Å². The van der Waals surface area contributed by atoms with E-state index in [-0.39, 0.29) is 12.4 Å². The van der Waals surface area contributed by atoms with Gasteiger partial charge in [-0.3, -0.25) is 10.1 Å². The smallest absolute Gasteiger partial charge is 0.412 e. The van der Waals surface area contributed by atoms with Crippen molar-refractivity contribution in [2.75, 3.05) is 5.32 Å². The van der Waals surface area contributed by atoms with Crippen molar-refractivity contribution in [2.45, 2.75) is 43.6 Å². The molecule has 36 heavy (non-hydrogen) atoms. The van der Waals surface area contributed by atoms with Gasteiger partial charge in [0.2, 0.25) is 0 Å². The van der Waals surface area contributed by atoms with Crippen LogP contribution in [0.4, 0.5) is 10.5 Å². The predicted molar refractivity (Wildman–Crippen MR) is 132 cm³/mol. The summed E-state index contributed by atoms with van der Waals surface area (Å²) in [6.45, 7) is 0.0411. The van der Waals surface area contributed by atoms with Crippen LogP contribution in [0.2, 0.25) is 5.02 Å². The van der Waals surface area contributed by atoms with Gasteiger partial charge < -0.3 is 18.7 Å². The zero-order valence-corrected chi connectivity index (χ0v) is 20.4. The number of hydrogen-bond acceptors (Lipinski definition) is 7. The molecule has 0 aliphatic heterocycles. The minimum Gasteiger partial charge on any atom is -0.480 e. The fourth-order valence-corrected chi connectivity index (χ4v) is 5.12. The standard InChI is InChI=1S/C26H19ClN2O6S/c27-18-4-2-1-3-15(18)13-33-25(32)28-21-19(29-36-22(21)14-5-6-14)8-7-17-11-16-12-20(35-23(16)34-17)26(9-10-26)24(30)31/h1-4,11-12,14H,5-6,9-10,13H2,(H,28,32)(H,30,31). The van der Waals surface area contributed by atoms with Crippen molar-refractivity contribution in [2.24, 2.45) is 0 Å². The molecule has 0 unspecified atom stereocenters. The largest absolute Gasteiger partial charge is 0.480 e. The summed E-state index contributed by atoms with van der Waals surface area (Å²) in [6.07, 6.45) is 2.56. The molecule has 1 aromatic carbocycles. The fraction of sp³-hybridized carbons (Fsp3) is 0.269. The number of nitrogens with zero attached hydrogens (tertiary/aromatic N) is 1. The number of carboxylic acids is 1. The highest BCUT2D eigenvalue weighted by Gasteiger charge is 2.54. The van der Waals surface area contributed by atoms with Crippen molar-refractivity contribution >= 4 is 52.0 Å². The lowest BCUT2D eigenvalue weighted by Gasteiger charge is -2.08. The molecule has 0 saturated heterocycles. The number of benzene rings is 1. The molecule has 2 N–H and O–H groups in total. The summed E-state index contributed by atoms with van der Waals surface area (Å²) in [5, 5.41) is 13.4. The number of furan rings is 2. The molecule has 3 aromatic heterocycles. The summed E-state index contributed by atoms with van der Waals surface area (Å²) in [5.74, 6) is 6.35. The van der Waals surface area contributed by atoms with Crippen LogP contribution in [-0.4, -0.2) is 21.5 Å². The zero-order valence-electron chi connectivity index (χ0n) is 18.8. The van der Waals surface area contributed by atoms with E-state index in [9.17, 15) is 14.7 Å². The second-order valence-corrected chi connectivity index (χ2v) is 10.2. The number of carbonyl (C=O) groups is 2. The van der Waals surface area contributed by atoms with Gasteiger partial charge in [0.05, 0.1) is 16.0 Å². The van der Waals surface area contributed by atoms with Gasteiger partial charge in [-0.2, -0.15) is 4.37 Å². The third-order valence-electron chi connectivity index (χ3n) is 6.36. The number of halogens is 1. The van der Waals surface area contributed by atoms with Crippen molar-refractivity contribution in [3.05, 3.63) is 69.1 Å². The number of carboxylic acid groups (broad SMARTS) is 1. The van der Waals surface area contributed by atoms with E-state index in [1.54, 1.807) is 24.3 Å². The molecule has 0 radical (unpaired) electrons. The van der Waals surface area contributed by atoms with Crippen LogP contribution in [-0.2, 0) is 21.6 Å². The van der Waals surface area contributed by atoms with E-state index in [2.05, 4.69) is 21.5 Å². The summed E-state index contributed by atoms with van der Waals surface area (Å²) < 4.78 is 21.2. The molecule has 4 aromatic rings. The second-order valence-electron chi connectivity index (χ2n) is 8.94. The van der Waals surface area contributed by atoms with Crippen LogP contribution < -0.4 is 5.32 Å². The molecule has 2 aliphatic carbocycles. The van der Waals surface area contributed by atoms with E-state index < -0.39 is 17.5 Å². The Kier molecular flexibility index (Phi) is 5.51. The Morgan fingerprint density at radius 2 is 2.03 bits per heavy atom. The molecule has 2 fully saturated rings. The summed E-state index contributed by atoms with van der Waals surface area (Å²) >= 11 is 7.45. The van der Waals surface area contributed by atoms with Gasteiger partial charge in [0.1, 0.15) is 17.8 Å². The zero-order chi connectivity index (χ0) is 24.9. The van der Waals surface area contributed by atoms with Crippen LogP contribution in [0.15, 0.2) is 45.2 Å². The summed E-state index contributed by atoms with van der Waals surface area (Å²) in [6, 6.07) is 10.6. The van der Waals surface area contributed by atoms with Crippen LogP contribution in [0.5, 0.6) is 0 Å². The lowest BCUT2D eigenvalue weighted by molar-refractivity contribution is -0.140. The molecule has 2 saturated carbocycles. The van der Waals surface area contributed by atoms with E-state index in [1.165, 1.54) is 11.5 Å². The molecular weight excluding hydrogens is 504 g/mol. The number of aliphatic carboxylic acids is 1.